The number of rotatable bonds is 7. The zero-order chi connectivity index (χ0) is 15.2. The summed E-state index contributed by atoms with van der Waals surface area (Å²) in [5, 5.41) is 5.29. The van der Waals surface area contributed by atoms with Crippen LogP contribution in [0.15, 0.2) is 18.2 Å². The molecule has 2 radical (unpaired) electrons. The van der Waals surface area contributed by atoms with Crippen LogP contribution in [0.5, 0.6) is 0 Å². The second-order valence-corrected chi connectivity index (χ2v) is 5.50. The fourth-order valence-corrected chi connectivity index (χ4v) is 2.40. The van der Waals surface area contributed by atoms with Crippen molar-refractivity contribution in [1.82, 2.24) is 14.8 Å². The second kappa shape index (κ2) is 7.68. The van der Waals surface area contributed by atoms with E-state index in [1.807, 2.05) is 4.68 Å². The number of methoxy groups -OCH3 is 1. The van der Waals surface area contributed by atoms with Gasteiger partial charge in [0, 0.05) is 0 Å². The quantitative estimate of drug-likeness (QED) is 0.764. The summed E-state index contributed by atoms with van der Waals surface area (Å²) in [5.41, 5.74) is 6.66. The summed E-state index contributed by atoms with van der Waals surface area (Å²) in [4.78, 5) is 4.45. The molecule has 1 aromatic carbocycles. The monoisotopic (exact) mass is 352 g/mol. The summed E-state index contributed by atoms with van der Waals surface area (Å²) in [6, 6.07) is 4.91. The van der Waals surface area contributed by atoms with Crippen molar-refractivity contribution in [2.24, 2.45) is 5.73 Å². The number of aromatic nitrogens is 3. The Labute approximate surface area is 132 Å². The molecule has 0 saturated carbocycles. The Morgan fingerprint density at radius 1 is 1.43 bits per heavy atom. The normalized spacial score (nSPS) is 11.0. The molecule has 2 N–H and O–H groups in total. The SMILES string of the molecule is COCCc1nc(-c2ccc(CN)cc2F)nn1CC[As]. The van der Waals surface area contributed by atoms with E-state index in [0.29, 0.717) is 31.0 Å². The number of aryl methyl sites for hydroxylation is 1. The van der Waals surface area contributed by atoms with Crippen molar-refractivity contribution in [3.63, 3.8) is 0 Å². The third-order valence-corrected chi connectivity index (χ3v) is 3.52. The molecule has 0 unspecified atom stereocenters. The summed E-state index contributed by atoms with van der Waals surface area (Å²) in [5.74, 6) is 0.865. The maximum absolute atomic E-state index is 14.1. The van der Waals surface area contributed by atoms with Gasteiger partial charge in [-0.3, -0.25) is 0 Å². The van der Waals surface area contributed by atoms with Gasteiger partial charge in [0.25, 0.3) is 0 Å². The van der Waals surface area contributed by atoms with Gasteiger partial charge in [0.05, 0.1) is 0 Å². The van der Waals surface area contributed by atoms with E-state index >= 15 is 0 Å². The van der Waals surface area contributed by atoms with Crippen molar-refractivity contribution in [1.29, 1.82) is 0 Å². The van der Waals surface area contributed by atoms with E-state index in [4.69, 9.17) is 10.5 Å². The summed E-state index contributed by atoms with van der Waals surface area (Å²) >= 11 is 2.50. The van der Waals surface area contributed by atoms with Crippen molar-refractivity contribution >= 4 is 16.9 Å². The topological polar surface area (TPSA) is 66.0 Å². The summed E-state index contributed by atoms with van der Waals surface area (Å²) in [6.45, 7) is 1.60. The molecule has 0 amide bonds. The van der Waals surface area contributed by atoms with Gasteiger partial charge in [-0.25, -0.2) is 0 Å². The van der Waals surface area contributed by atoms with E-state index in [2.05, 4.69) is 26.9 Å². The van der Waals surface area contributed by atoms with Crippen LogP contribution in [0.1, 0.15) is 11.4 Å². The zero-order valence-corrected chi connectivity index (χ0v) is 13.8. The number of hydrogen-bond donors (Lipinski definition) is 1. The van der Waals surface area contributed by atoms with E-state index in [0.717, 1.165) is 23.1 Å². The Kier molecular flexibility index (Phi) is 5.91. The number of ether oxygens (including phenoxy) is 1. The zero-order valence-electron chi connectivity index (χ0n) is 11.9. The van der Waals surface area contributed by atoms with Crippen molar-refractivity contribution in [3.8, 4) is 11.4 Å². The molecule has 0 aliphatic heterocycles. The molecule has 0 aliphatic rings. The van der Waals surface area contributed by atoms with Crippen molar-refractivity contribution in [2.45, 2.75) is 24.7 Å². The molecular formula is C14H18AsFN4O. The standard InChI is InChI=1S/C14H18AsFN4O/c1-21-7-4-13-18-14(19-20(13)6-5-15)11-3-2-10(9-17)8-12(11)16/h2-3,8H,4-7,9,17H2,1H3. The van der Waals surface area contributed by atoms with E-state index in [-0.39, 0.29) is 5.82 Å². The Hall–Kier alpha value is -1.23. The molecule has 0 saturated heterocycles. The minimum absolute atomic E-state index is 0.311. The fourth-order valence-electron chi connectivity index (χ4n) is 2.01. The van der Waals surface area contributed by atoms with Crippen LogP contribution in [0.4, 0.5) is 4.39 Å². The van der Waals surface area contributed by atoms with Gasteiger partial charge in [-0.2, -0.15) is 0 Å². The molecule has 5 nitrogen and oxygen atoms in total. The molecule has 1 aromatic heterocycles. The van der Waals surface area contributed by atoms with Crippen LogP contribution in [0.25, 0.3) is 11.4 Å². The fraction of sp³-hybridized carbons (Fsp3) is 0.429. The number of nitrogens with two attached hydrogens (primary N) is 1. The van der Waals surface area contributed by atoms with Crippen molar-refractivity contribution in [3.05, 3.63) is 35.4 Å². The summed E-state index contributed by atoms with van der Waals surface area (Å²) in [7, 11) is 1.64. The molecule has 2 rings (SSSR count). The Bertz CT molecular complexity index is 603. The van der Waals surface area contributed by atoms with Gasteiger partial charge in [0.2, 0.25) is 0 Å². The Morgan fingerprint density at radius 3 is 2.86 bits per heavy atom. The van der Waals surface area contributed by atoms with Crippen molar-refractivity contribution in [2.75, 3.05) is 13.7 Å². The molecule has 21 heavy (non-hydrogen) atoms. The first kappa shape index (κ1) is 16.1. The summed E-state index contributed by atoms with van der Waals surface area (Å²) in [6.07, 6.45) is 0.652. The predicted molar refractivity (Wildman–Crippen MR) is 79.4 cm³/mol. The maximum atomic E-state index is 14.1. The predicted octanol–water partition coefficient (Wildman–Crippen LogP) is 1.32. The third kappa shape index (κ3) is 3.90. The molecular weight excluding hydrogens is 334 g/mol. The Balaban J connectivity index is 2.34. The van der Waals surface area contributed by atoms with Gasteiger partial charge in [-0.1, -0.05) is 0 Å². The van der Waals surface area contributed by atoms with Gasteiger partial charge in [-0.05, 0) is 0 Å². The van der Waals surface area contributed by atoms with Gasteiger partial charge in [-0.15, -0.1) is 0 Å². The van der Waals surface area contributed by atoms with Gasteiger partial charge in [0.1, 0.15) is 0 Å². The van der Waals surface area contributed by atoms with Crippen LogP contribution >= 0.6 is 0 Å². The molecule has 2 aromatic rings. The van der Waals surface area contributed by atoms with E-state index in [1.165, 1.54) is 6.07 Å². The molecule has 112 valence electrons. The third-order valence-electron chi connectivity index (χ3n) is 3.10. The van der Waals surface area contributed by atoms with Gasteiger partial charge >= 0.3 is 132 Å². The van der Waals surface area contributed by atoms with Crippen LogP contribution in [0, 0.1) is 5.82 Å². The molecule has 0 atom stereocenters. The molecule has 0 fully saturated rings. The van der Waals surface area contributed by atoms with Crippen LogP contribution in [-0.2, 0) is 24.2 Å². The van der Waals surface area contributed by atoms with E-state index in [9.17, 15) is 4.39 Å². The van der Waals surface area contributed by atoms with Crippen LogP contribution in [-0.4, -0.2) is 45.3 Å². The number of hydrogen-bond acceptors (Lipinski definition) is 4. The first-order chi connectivity index (χ1) is 10.2. The Morgan fingerprint density at radius 2 is 2.24 bits per heavy atom. The average Bonchev–Trinajstić information content (AvgIpc) is 2.88. The van der Waals surface area contributed by atoms with Crippen molar-refractivity contribution < 1.29 is 9.13 Å². The number of halogens is 1. The summed E-state index contributed by atoms with van der Waals surface area (Å²) < 4.78 is 21.0. The van der Waals surface area contributed by atoms with Crippen LogP contribution in [0.2, 0.25) is 5.21 Å². The van der Waals surface area contributed by atoms with Crippen LogP contribution in [0.3, 0.4) is 0 Å². The average molecular weight is 352 g/mol. The second-order valence-electron chi connectivity index (χ2n) is 4.56. The molecule has 1 heterocycles. The first-order valence-electron chi connectivity index (χ1n) is 6.72. The van der Waals surface area contributed by atoms with Gasteiger partial charge in [0.15, 0.2) is 0 Å². The number of nitrogens with zero attached hydrogens (tertiary/aromatic N) is 3. The molecule has 7 heteroatoms. The minimum atomic E-state index is -0.347. The molecule has 0 aliphatic carbocycles. The molecule has 0 spiro atoms. The van der Waals surface area contributed by atoms with Gasteiger partial charge < -0.3 is 0 Å². The first-order valence-corrected chi connectivity index (χ1v) is 8.04. The van der Waals surface area contributed by atoms with E-state index in [1.54, 1.807) is 19.2 Å². The van der Waals surface area contributed by atoms with E-state index < -0.39 is 0 Å². The number of benzene rings is 1. The molecule has 0 bridgehead atoms. The van der Waals surface area contributed by atoms with Crippen LogP contribution < -0.4 is 5.73 Å².